The van der Waals surface area contributed by atoms with Crippen molar-refractivity contribution < 1.29 is 42.1 Å². The first-order chi connectivity index (χ1) is 27.0. The van der Waals surface area contributed by atoms with E-state index in [-0.39, 0.29) is 25.6 Å². The molecule has 0 fully saturated rings. The first-order valence-electron chi connectivity index (χ1n) is 23.1. The van der Waals surface area contributed by atoms with Gasteiger partial charge in [-0.3, -0.25) is 18.6 Å². The van der Waals surface area contributed by atoms with E-state index in [1.807, 2.05) is 21.1 Å². The number of carbonyl (C=O) groups is 2. The van der Waals surface area contributed by atoms with E-state index in [2.05, 4.69) is 38.2 Å². The molecule has 56 heavy (non-hydrogen) atoms. The molecule has 0 radical (unpaired) electrons. The minimum Gasteiger partial charge on any atom is -0.462 e. The van der Waals surface area contributed by atoms with E-state index < -0.39 is 26.5 Å². The van der Waals surface area contributed by atoms with E-state index in [9.17, 15) is 19.0 Å². The number of esters is 2. The van der Waals surface area contributed by atoms with Crippen molar-refractivity contribution in [1.82, 2.24) is 0 Å². The molecule has 330 valence electrons. The van der Waals surface area contributed by atoms with Crippen LogP contribution in [0.25, 0.3) is 0 Å². The van der Waals surface area contributed by atoms with Crippen LogP contribution in [0.3, 0.4) is 0 Å². The van der Waals surface area contributed by atoms with Crippen LogP contribution in [0.2, 0.25) is 0 Å². The highest BCUT2D eigenvalue weighted by molar-refractivity contribution is 7.47. The minimum atomic E-state index is -4.37. The molecular formula is C46H89NO8P+. The summed E-state index contributed by atoms with van der Waals surface area (Å²) >= 11 is 0. The number of likely N-dealkylation sites (N-methyl/N-ethyl adjacent to an activating group) is 1. The summed E-state index contributed by atoms with van der Waals surface area (Å²) in [6.07, 6.45) is 42.1. The average Bonchev–Trinajstić information content (AvgIpc) is 3.15. The molecule has 0 aliphatic heterocycles. The topological polar surface area (TPSA) is 108 Å². The minimum absolute atomic E-state index is 0.0319. The molecule has 0 rings (SSSR count). The Bertz CT molecular complexity index is 1010. The molecule has 1 N–H and O–H groups in total. The number of nitrogens with zero attached hydrogens (tertiary/aromatic N) is 1. The van der Waals surface area contributed by atoms with Gasteiger partial charge in [0.25, 0.3) is 0 Å². The molecule has 0 amide bonds. The van der Waals surface area contributed by atoms with Gasteiger partial charge in [0.15, 0.2) is 6.10 Å². The fraction of sp³-hybridized carbons (Fsp3) is 0.870. The Morgan fingerprint density at radius 3 is 1.45 bits per heavy atom. The van der Waals surface area contributed by atoms with Crippen LogP contribution in [0.5, 0.6) is 0 Å². The van der Waals surface area contributed by atoms with Crippen molar-refractivity contribution in [3.63, 3.8) is 0 Å². The van der Waals surface area contributed by atoms with Crippen LogP contribution in [0.1, 0.15) is 206 Å². The third-order valence-electron chi connectivity index (χ3n) is 9.98. The molecule has 9 nitrogen and oxygen atoms in total. The van der Waals surface area contributed by atoms with Crippen LogP contribution in [0.15, 0.2) is 24.3 Å². The first-order valence-corrected chi connectivity index (χ1v) is 24.6. The van der Waals surface area contributed by atoms with Gasteiger partial charge in [-0.1, -0.05) is 173 Å². The summed E-state index contributed by atoms with van der Waals surface area (Å²) in [5.74, 6) is -0.799. The van der Waals surface area contributed by atoms with Crippen molar-refractivity contribution in [2.75, 3.05) is 47.5 Å². The van der Waals surface area contributed by atoms with Gasteiger partial charge in [-0.15, -0.1) is 0 Å². The third kappa shape index (κ3) is 42.1. The van der Waals surface area contributed by atoms with Crippen LogP contribution >= 0.6 is 7.82 Å². The molecule has 0 spiro atoms. The third-order valence-corrected chi connectivity index (χ3v) is 11.0. The van der Waals surface area contributed by atoms with E-state index >= 15 is 0 Å². The predicted molar refractivity (Wildman–Crippen MR) is 234 cm³/mol. The highest BCUT2D eigenvalue weighted by Gasteiger charge is 2.27. The number of phosphoric acid groups is 1. The zero-order chi connectivity index (χ0) is 41.4. The summed E-state index contributed by atoms with van der Waals surface area (Å²) < 4.78 is 34.3. The van der Waals surface area contributed by atoms with Gasteiger partial charge in [-0.05, 0) is 44.9 Å². The Morgan fingerprint density at radius 2 is 0.964 bits per heavy atom. The standard InChI is InChI=1S/C46H88NO8P/c1-6-8-10-12-14-16-18-20-22-23-25-27-29-31-33-35-37-39-46(49)55-44(43-54-56(50,51)53-41-40-47(3,4)5)42-52-45(48)38-36-34-32-30-28-26-24-21-19-17-15-13-11-9-7-2/h14,16,20,22,44H,6-13,15,17-19,21,23-43H2,1-5H3/p+1/b16-14-,22-20-. The SMILES string of the molecule is CCCCC/C=C\C/C=C\CCCCCCCCCC(=O)OC(COC(=O)CCCCCCCCCCCCCCCCC)COP(=O)(O)OCC[N+](C)(C)C. The monoisotopic (exact) mass is 815 g/mol. The molecule has 0 saturated carbocycles. The van der Waals surface area contributed by atoms with E-state index in [0.29, 0.717) is 23.9 Å². The molecule has 0 aromatic carbocycles. The fourth-order valence-electron chi connectivity index (χ4n) is 6.34. The molecule has 0 aromatic heterocycles. The number of allylic oxidation sites excluding steroid dienone is 4. The summed E-state index contributed by atoms with van der Waals surface area (Å²) in [5.41, 5.74) is 0. The summed E-state index contributed by atoms with van der Waals surface area (Å²) in [7, 11) is 1.48. The number of carbonyl (C=O) groups excluding carboxylic acids is 2. The number of rotatable bonds is 42. The second-order valence-electron chi connectivity index (χ2n) is 16.8. The van der Waals surface area contributed by atoms with Gasteiger partial charge in [0.2, 0.25) is 0 Å². The molecule has 0 aromatic rings. The summed E-state index contributed by atoms with van der Waals surface area (Å²) in [5, 5.41) is 0. The zero-order valence-electron chi connectivity index (χ0n) is 37.1. The Hall–Kier alpha value is -1.51. The normalized spacial score (nSPS) is 13.8. The predicted octanol–water partition coefficient (Wildman–Crippen LogP) is 13.1. The van der Waals surface area contributed by atoms with Gasteiger partial charge in [0.05, 0.1) is 27.7 Å². The summed E-state index contributed by atoms with van der Waals surface area (Å²) in [4.78, 5) is 35.4. The van der Waals surface area contributed by atoms with Gasteiger partial charge in [0, 0.05) is 12.8 Å². The van der Waals surface area contributed by atoms with Crippen LogP contribution in [0.4, 0.5) is 0 Å². The average molecular weight is 815 g/mol. The lowest BCUT2D eigenvalue weighted by Crippen LogP contribution is -2.37. The largest absolute Gasteiger partial charge is 0.472 e. The lowest BCUT2D eigenvalue weighted by Gasteiger charge is -2.24. The summed E-state index contributed by atoms with van der Waals surface area (Å²) in [6.45, 7) is 4.41. The Kier molecular flexibility index (Phi) is 37.9. The highest BCUT2D eigenvalue weighted by Crippen LogP contribution is 2.43. The second kappa shape index (κ2) is 39.0. The number of hydrogen-bond acceptors (Lipinski definition) is 7. The number of hydrogen-bond donors (Lipinski definition) is 1. The number of phosphoric ester groups is 1. The molecule has 10 heteroatoms. The van der Waals surface area contributed by atoms with Crippen molar-refractivity contribution >= 4 is 19.8 Å². The van der Waals surface area contributed by atoms with Crippen LogP contribution in [0, 0.1) is 0 Å². The number of unbranched alkanes of at least 4 members (excludes halogenated alkanes) is 24. The Balaban J connectivity index is 4.33. The molecular weight excluding hydrogens is 725 g/mol. The molecule has 0 heterocycles. The Morgan fingerprint density at radius 1 is 0.554 bits per heavy atom. The maximum absolute atomic E-state index is 12.7. The van der Waals surface area contributed by atoms with E-state index in [1.165, 1.54) is 122 Å². The maximum atomic E-state index is 12.7. The van der Waals surface area contributed by atoms with Crippen molar-refractivity contribution in [3.05, 3.63) is 24.3 Å². The van der Waals surface area contributed by atoms with Crippen molar-refractivity contribution in [2.45, 2.75) is 213 Å². The highest BCUT2D eigenvalue weighted by atomic mass is 31.2. The molecule has 2 unspecified atom stereocenters. The molecule has 0 aliphatic rings. The smallest absolute Gasteiger partial charge is 0.462 e. The number of ether oxygens (including phenoxy) is 2. The Labute approximate surface area is 345 Å². The van der Waals surface area contributed by atoms with Gasteiger partial charge in [-0.25, -0.2) is 4.57 Å². The van der Waals surface area contributed by atoms with Gasteiger partial charge < -0.3 is 18.9 Å². The van der Waals surface area contributed by atoms with Crippen molar-refractivity contribution in [2.24, 2.45) is 0 Å². The molecule has 2 atom stereocenters. The quantitative estimate of drug-likeness (QED) is 0.0213. The fourth-order valence-corrected chi connectivity index (χ4v) is 7.08. The zero-order valence-corrected chi connectivity index (χ0v) is 38.0. The van der Waals surface area contributed by atoms with Crippen LogP contribution < -0.4 is 0 Å². The van der Waals surface area contributed by atoms with Crippen LogP contribution in [-0.4, -0.2) is 74.9 Å². The van der Waals surface area contributed by atoms with E-state index in [4.69, 9.17) is 18.5 Å². The van der Waals surface area contributed by atoms with Gasteiger partial charge in [0.1, 0.15) is 19.8 Å². The van der Waals surface area contributed by atoms with Crippen molar-refractivity contribution in [1.29, 1.82) is 0 Å². The van der Waals surface area contributed by atoms with Crippen molar-refractivity contribution in [3.8, 4) is 0 Å². The molecule has 0 aliphatic carbocycles. The first kappa shape index (κ1) is 54.5. The lowest BCUT2D eigenvalue weighted by atomic mass is 10.0. The van der Waals surface area contributed by atoms with Gasteiger partial charge in [-0.2, -0.15) is 0 Å². The molecule has 0 saturated heterocycles. The summed E-state index contributed by atoms with van der Waals surface area (Å²) in [6, 6.07) is 0. The van der Waals surface area contributed by atoms with E-state index in [1.54, 1.807) is 0 Å². The second-order valence-corrected chi connectivity index (χ2v) is 18.2. The van der Waals surface area contributed by atoms with Gasteiger partial charge >= 0.3 is 19.8 Å². The van der Waals surface area contributed by atoms with Crippen LogP contribution in [-0.2, 0) is 32.7 Å². The lowest BCUT2D eigenvalue weighted by molar-refractivity contribution is -0.870. The van der Waals surface area contributed by atoms with E-state index in [0.717, 1.165) is 51.4 Å². The maximum Gasteiger partial charge on any atom is 0.472 e. The molecule has 0 bridgehead atoms. The number of quaternary nitrogens is 1.